The Morgan fingerprint density at radius 2 is 1.53 bits per heavy atom. The van der Waals surface area contributed by atoms with Crippen molar-refractivity contribution in [1.82, 2.24) is 0 Å². The quantitative estimate of drug-likeness (QED) is 0.610. The van der Waals surface area contributed by atoms with E-state index in [2.05, 4.69) is 0 Å². The zero-order valence-electron chi connectivity index (χ0n) is 9.01. The number of halogens is 3. The minimum atomic E-state index is 0.695. The molecule has 0 fully saturated rings. The van der Waals surface area contributed by atoms with Gasteiger partial charge < -0.3 is 0 Å². The van der Waals surface area contributed by atoms with Crippen molar-refractivity contribution < 1.29 is 0 Å². The molecule has 0 saturated carbocycles. The summed E-state index contributed by atoms with van der Waals surface area (Å²) in [5, 5.41) is 2.12. The zero-order valence-corrected chi connectivity index (χ0v) is 12.1. The monoisotopic (exact) mass is 302 g/mol. The largest absolute Gasteiger partial charge is 0.128 e. The van der Waals surface area contributed by atoms with Gasteiger partial charge in [0.25, 0.3) is 0 Å². The second kappa shape index (κ2) is 5.53. The van der Waals surface area contributed by atoms with Crippen LogP contribution in [0.15, 0.2) is 41.3 Å². The van der Waals surface area contributed by atoms with Gasteiger partial charge in [0.2, 0.25) is 0 Å². The van der Waals surface area contributed by atoms with Crippen LogP contribution in [0, 0.1) is 0 Å². The van der Waals surface area contributed by atoms with E-state index in [1.54, 1.807) is 11.8 Å². The van der Waals surface area contributed by atoms with E-state index in [1.807, 2.05) is 42.7 Å². The first-order valence-electron chi connectivity index (χ1n) is 4.91. The lowest BCUT2D eigenvalue weighted by Crippen LogP contribution is -1.82. The van der Waals surface area contributed by atoms with E-state index in [0.717, 1.165) is 16.0 Å². The topological polar surface area (TPSA) is 0 Å². The highest BCUT2D eigenvalue weighted by atomic mass is 35.5. The van der Waals surface area contributed by atoms with E-state index in [-0.39, 0.29) is 0 Å². The summed E-state index contributed by atoms with van der Waals surface area (Å²) in [4.78, 5) is 0.981. The molecule has 0 aromatic heterocycles. The van der Waals surface area contributed by atoms with Gasteiger partial charge in [-0.05, 0) is 36.1 Å². The second-order valence-corrected chi connectivity index (χ2v) is 5.57. The molecule has 17 heavy (non-hydrogen) atoms. The minimum absolute atomic E-state index is 0.695. The Hall–Kier alpha value is -0.340. The third-order valence-electron chi connectivity index (χ3n) is 2.40. The average Bonchev–Trinajstić information content (AvgIpc) is 2.33. The number of hydrogen-bond donors (Lipinski definition) is 0. The highest BCUT2D eigenvalue weighted by molar-refractivity contribution is 7.98. The lowest BCUT2D eigenvalue weighted by molar-refractivity contribution is 1.46. The normalized spacial score (nSPS) is 10.6. The molecule has 0 saturated heterocycles. The molecule has 2 aromatic carbocycles. The van der Waals surface area contributed by atoms with Crippen molar-refractivity contribution in [1.29, 1.82) is 0 Å². The molecule has 0 N–H and O–H groups in total. The van der Waals surface area contributed by atoms with Crippen LogP contribution >= 0.6 is 46.6 Å². The van der Waals surface area contributed by atoms with E-state index in [1.165, 1.54) is 0 Å². The summed E-state index contributed by atoms with van der Waals surface area (Å²) >= 11 is 19.9. The summed E-state index contributed by atoms with van der Waals surface area (Å²) in [6, 6.07) is 11.3. The molecule has 0 heterocycles. The van der Waals surface area contributed by atoms with Crippen molar-refractivity contribution in [2.24, 2.45) is 0 Å². The molecule has 0 nitrogen and oxygen atoms in total. The molecule has 0 amide bonds. The highest BCUT2D eigenvalue weighted by Crippen LogP contribution is 2.36. The summed E-state index contributed by atoms with van der Waals surface area (Å²) in [5.41, 5.74) is 1.93. The third-order valence-corrected chi connectivity index (χ3v) is 4.16. The molecule has 0 radical (unpaired) electrons. The molecule has 2 rings (SSSR count). The molecule has 0 spiro atoms. The van der Waals surface area contributed by atoms with Crippen molar-refractivity contribution >= 4 is 46.6 Å². The number of rotatable bonds is 2. The van der Waals surface area contributed by atoms with Crippen molar-refractivity contribution in [3.05, 3.63) is 51.5 Å². The van der Waals surface area contributed by atoms with Crippen LogP contribution in [-0.4, -0.2) is 6.26 Å². The smallest absolute Gasteiger partial charge is 0.0548 e. The Kier molecular flexibility index (Phi) is 4.26. The first kappa shape index (κ1) is 13.1. The van der Waals surface area contributed by atoms with Gasteiger partial charge in [0, 0.05) is 20.5 Å². The zero-order chi connectivity index (χ0) is 12.4. The van der Waals surface area contributed by atoms with E-state index < -0.39 is 0 Å². The van der Waals surface area contributed by atoms with E-state index >= 15 is 0 Å². The first-order valence-corrected chi connectivity index (χ1v) is 7.26. The van der Waals surface area contributed by atoms with Crippen LogP contribution < -0.4 is 0 Å². The number of hydrogen-bond acceptors (Lipinski definition) is 1. The van der Waals surface area contributed by atoms with Crippen molar-refractivity contribution in [3.63, 3.8) is 0 Å². The van der Waals surface area contributed by atoms with Crippen molar-refractivity contribution in [2.75, 3.05) is 6.26 Å². The fourth-order valence-electron chi connectivity index (χ4n) is 1.54. The van der Waals surface area contributed by atoms with Gasteiger partial charge >= 0.3 is 0 Å². The molecule has 0 aliphatic rings. The Balaban J connectivity index is 2.52. The molecule has 0 aliphatic carbocycles. The van der Waals surface area contributed by atoms with E-state index in [9.17, 15) is 0 Å². The molecule has 4 heteroatoms. The van der Waals surface area contributed by atoms with E-state index in [0.29, 0.717) is 15.1 Å². The summed E-state index contributed by atoms with van der Waals surface area (Å²) in [5.74, 6) is 0. The van der Waals surface area contributed by atoms with Crippen LogP contribution in [-0.2, 0) is 0 Å². The van der Waals surface area contributed by atoms with Gasteiger partial charge in [0.05, 0.1) is 5.02 Å². The minimum Gasteiger partial charge on any atom is -0.128 e. The number of thioether (sulfide) groups is 1. The van der Waals surface area contributed by atoms with Gasteiger partial charge in [-0.15, -0.1) is 11.8 Å². The Bertz CT molecular complexity index is 535. The summed E-state index contributed by atoms with van der Waals surface area (Å²) in [6.45, 7) is 0. The summed E-state index contributed by atoms with van der Waals surface area (Å²) in [6.07, 6.45) is 1.97. The predicted octanol–water partition coefficient (Wildman–Crippen LogP) is 6.04. The fourth-order valence-corrected chi connectivity index (χ4v) is 2.88. The van der Waals surface area contributed by atoms with Crippen LogP contribution in [0.4, 0.5) is 0 Å². The van der Waals surface area contributed by atoms with Crippen LogP contribution in [0.5, 0.6) is 0 Å². The maximum absolute atomic E-state index is 6.25. The maximum atomic E-state index is 6.25. The first-order chi connectivity index (χ1) is 8.11. The number of benzene rings is 2. The standard InChI is InChI=1S/C13H9Cl3S/c1-17-13-7-11(15)10(6-12(13)16)8-2-4-9(14)5-3-8/h2-7H,1H3. The van der Waals surface area contributed by atoms with Crippen LogP contribution in [0.25, 0.3) is 11.1 Å². The maximum Gasteiger partial charge on any atom is 0.0548 e. The molecule has 0 atom stereocenters. The third kappa shape index (κ3) is 2.92. The van der Waals surface area contributed by atoms with Crippen LogP contribution in [0.1, 0.15) is 0 Å². The molecular formula is C13H9Cl3S. The Labute approximate surface area is 120 Å². The molecular weight excluding hydrogens is 295 g/mol. The van der Waals surface area contributed by atoms with E-state index in [4.69, 9.17) is 34.8 Å². The molecule has 2 aromatic rings. The van der Waals surface area contributed by atoms with Gasteiger partial charge in [-0.3, -0.25) is 0 Å². The molecule has 88 valence electrons. The SMILES string of the molecule is CSc1cc(Cl)c(-c2ccc(Cl)cc2)cc1Cl. The summed E-state index contributed by atoms with van der Waals surface area (Å²) in [7, 11) is 0. The molecule has 0 aliphatic heterocycles. The average molecular weight is 304 g/mol. The lowest BCUT2D eigenvalue weighted by atomic mass is 10.1. The Morgan fingerprint density at radius 1 is 0.882 bits per heavy atom. The van der Waals surface area contributed by atoms with Gasteiger partial charge in [-0.1, -0.05) is 46.9 Å². The van der Waals surface area contributed by atoms with Crippen LogP contribution in [0.3, 0.4) is 0 Å². The lowest BCUT2D eigenvalue weighted by Gasteiger charge is -2.08. The highest BCUT2D eigenvalue weighted by Gasteiger charge is 2.08. The predicted molar refractivity (Wildman–Crippen MR) is 78.7 cm³/mol. The summed E-state index contributed by atoms with van der Waals surface area (Å²) < 4.78 is 0. The second-order valence-electron chi connectivity index (χ2n) is 3.47. The van der Waals surface area contributed by atoms with Crippen LogP contribution in [0.2, 0.25) is 15.1 Å². The van der Waals surface area contributed by atoms with Gasteiger partial charge in [0.1, 0.15) is 0 Å². The van der Waals surface area contributed by atoms with Gasteiger partial charge in [-0.25, -0.2) is 0 Å². The van der Waals surface area contributed by atoms with Crippen molar-refractivity contribution in [2.45, 2.75) is 4.90 Å². The van der Waals surface area contributed by atoms with Gasteiger partial charge in [0.15, 0.2) is 0 Å². The molecule has 0 bridgehead atoms. The molecule has 0 unspecified atom stereocenters. The van der Waals surface area contributed by atoms with Crippen molar-refractivity contribution in [3.8, 4) is 11.1 Å². The fraction of sp³-hybridized carbons (Fsp3) is 0.0769. The van der Waals surface area contributed by atoms with Gasteiger partial charge in [-0.2, -0.15) is 0 Å². The Morgan fingerprint density at radius 3 is 2.12 bits per heavy atom.